The largest absolute Gasteiger partial charge is 0.319 e. The Kier molecular flexibility index (Phi) is 5.17. The lowest BCUT2D eigenvalue weighted by Gasteiger charge is -2.22. The average Bonchev–Trinajstić information content (AvgIpc) is 2.22. The fourth-order valence-electron chi connectivity index (χ4n) is 1.70. The van der Waals surface area contributed by atoms with Crippen molar-refractivity contribution in [3.05, 3.63) is 33.3 Å². The molecule has 0 radical (unpaired) electrons. The summed E-state index contributed by atoms with van der Waals surface area (Å²) in [6.45, 7) is 3.80. The molecule has 4 heteroatoms. The molecule has 0 bridgehead atoms. The molecule has 1 aromatic carbocycles. The zero-order valence-electron chi connectivity index (χ0n) is 10.1. The van der Waals surface area contributed by atoms with Gasteiger partial charge in [-0.05, 0) is 31.0 Å². The van der Waals surface area contributed by atoms with Gasteiger partial charge in [-0.3, -0.25) is 4.79 Å². The maximum absolute atomic E-state index is 12.1. The van der Waals surface area contributed by atoms with E-state index >= 15 is 0 Å². The van der Waals surface area contributed by atoms with Crippen LogP contribution in [0.4, 0.5) is 0 Å². The number of nitrogens with two attached hydrogens (primary N) is 1. The van der Waals surface area contributed by atoms with Gasteiger partial charge in [-0.1, -0.05) is 46.9 Å². The summed E-state index contributed by atoms with van der Waals surface area (Å²) < 4.78 is 0.905. The molecular formula is C13H17BrClNO. The van der Waals surface area contributed by atoms with E-state index in [1.165, 1.54) is 0 Å². The van der Waals surface area contributed by atoms with Crippen molar-refractivity contribution >= 4 is 33.3 Å². The van der Waals surface area contributed by atoms with Gasteiger partial charge in [0.25, 0.3) is 0 Å². The first kappa shape index (κ1) is 14.7. The summed E-state index contributed by atoms with van der Waals surface area (Å²) in [4.78, 5) is 12.1. The Labute approximate surface area is 116 Å². The Bertz CT molecular complexity index is 418. The van der Waals surface area contributed by atoms with Gasteiger partial charge in [0.2, 0.25) is 0 Å². The highest BCUT2D eigenvalue weighted by atomic mass is 79.9. The topological polar surface area (TPSA) is 43.1 Å². The molecule has 1 aromatic rings. The molecule has 0 spiro atoms. The lowest BCUT2D eigenvalue weighted by atomic mass is 9.88. The third kappa shape index (κ3) is 4.09. The molecule has 0 amide bonds. The summed E-state index contributed by atoms with van der Waals surface area (Å²) in [5, 5.41) is 0.597. The molecule has 0 aliphatic heterocycles. The maximum Gasteiger partial charge on any atom is 0.156 e. The van der Waals surface area contributed by atoms with Gasteiger partial charge >= 0.3 is 0 Å². The van der Waals surface area contributed by atoms with E-state index < -0.39 is 5.54 Å². The van der Waals surface area contributed by atoms with Crippen LogP contribution in [0.2, 0.25) is 5.02 Å². The van der Waals surface area contributed by atoms with Gasteiger partial charge in [-0.2, -0.15) is 0 Å². The van der Waals surface area contributed by atoms with Crippen LogP contribution in [0.25, 0.3) is 0 Å². The molecule has 0 fully saturated rings. The van der Waals surface area contributed by atoms with E-state index in [9.17, 15) is 4.79 Å². The fraction of sp³-hybridized carbons (Fsp3) is 0.462. The van der Waals surface area contributed by atoms with Gasteiger partial charge in [-0.15, -0.1) is 0 Å². The van der Waals surface area contributed by atoms with Crippen LogP contribution in [0.15, 0.2) is 22.7 Å². The Hall–Kier alpha value is -0.380. The van der Waals surface area contributed by atoms with Crippen LogP contribution < -0.4 is 5.73 Å². The molecule has 1 unspecified atom stereocenters. The summed E-state index contributed by atoms with van der Waals surface area (Å²) in [6, 6.07) is 5.52. The molecule has 0 aromatic heterocycles. The molecular weight excluding hydrogens is 302 g/mol. The van der Waals surface area contributed by atoms with Crippen LogP contribution in [0.5, 0.6) is 0 Å². The number of ketones is 1. The van der Waals surface area contributed by atoms with Crippen LogP contribution in [-0.2, 0) is 11.2 Å². The van der Waals surface area contributed by atoms with Crippen molar-refractivity contribution in [3.8, 4) is 0 Å². The number of carbonyl (C=O) groups is 1. The molecule has 0 aliphatic rings. The number of benzene rings is 1. The van der Waals surface area contributed by atoms with Crippen molar-refractivity contribution in [1.29, 1.82) is 0 Å². The van der Waals surface area contributed by atoms with Crippen molar-refractivity contribution in [2.24, 2.45) is 5.73 Å². The van der Waals surface area contributed by atoms with Gasteiger partial charge in [0.15, 0.2) is 5.78 Å². The molecule has 0 saturated carbocycles. The van der Waals surface area contributed by atoms with E-state index in [-0.39, 0.29) is 5.78 Å². The Morgan fingerprint density at radius 3 is 2.71 bits per heavy atom. The molecule has 2 nitrogen and oxygen atoms in total. The Morgan fingerprint density at radius 2 is 2.18 bits per heavy atom. The van der Waals surface area contributed by atoms with E-state index in [1.807, 2.05) is 19.1 Å². The van der Waals surface area contributed by atoms with Crippen LogP contribution >= 0.6 is 27.5 Å². The second-order valence-electron chi connectivity index (χ2n) is 4.50. The highest BCUT2D eigenvalue weighted by molar-refractivity contribution is 9.10. The average molecular weight is 319 g/mol. The van der Waals surface area contributed by atoms with Crippen LogP contribution in [-0.4, -0.2) is 11.3 Å². The number of Topliss-reactive ketones (excluding diaryl/α,β-unsaturated/α-hetero) is 1. The lowest BCUT2D eigenvalue weighted by molar-refractivity contribution is -0.123. The summed E-state index contributed by atoms with van der Waals surface area (Å²) in [7, 11) is 0. The van der Waals surface area contributed by atoms with Crippen LogP contribution in [0.1, 0.15) is 32.3 Å². The SMILES string of the molecule is CCCC(C)(N)C(=O)Cc1ccc(Br)cc1Cl. The first-order chi connectivity index (χ1) is 7.86. The third-order valence-corrected chi connectivity index (χ3v) is 3.62. The number of hydrogen-bond acceptors (Lipinski definition) is 2. The molecule has 0 saturated heterocycles. The molecule has 94 valence electrons. The van der Waals surface area contributed by atoms with E-state index in [0.717, 1.165) is 16.5 Å². The molecule has 2 N–H and O–H groups in total. The number of carbonyl (C=O) groups excluding carboxylic acids is 1. The third-order valence-electron chi connectivity index (χ3n) is 2.77. The predicted molar refractivity (Wildman–Crippen MR) is 75.4 cm³/mol. The zero-order valence-corrected chi connectivity index (χ0v) is 12.4. The van der Waals surface area contributed by atoms with Crippen molar-refractivity contribution in [3.63, 3.8) is 0 Å². The van der Waals surface area contributed by atoms with Gasteiger partial charge in [-0.25, -0.2) is 0 Å². The molecule has 17 heavy (non-hydrogen) atoms. The highest BCUT2D eigenvalue weighted by Crippen LogP contribution is 2.23. The molecule has 1 atom stereocenters. The van der Waals surface area contributed by atoms with Gasteiger partial charge in [0, 0.05) is 15.9 Å². The normalized spacial score (nSPS) is 14.4. The molecule has 1 rings (SSSR count). The minimum absolute atomic E-state index is 0.0311. The van der Waals surface area contributed by atoms with Crippen molar-refractivity contribution < 1.29 is 4.79 Å². The second-order valence-corrected chi connectivity index (χ2v) is 5.83. The number of hydrogen-bond donors (Lipinski definition) is 1. The first-order valence-corrected chi connectivity index (χ1v) is 6.80. The van der Waals surface area contributed by atoms with E-state index in [1.54, 1.807) is 13.0 Å². The standard InChI is InChI=1S/C13H17BrClNO/c1-3-6-13(2,16)12(17)7-9-4-5-10(14)8-11(9)15/h4-5,8H,3,6-7,16H2,1-2H3. The second kappa shape index (κ2) is 5.98. The monoisotopic (exact) mass is 317 g/mol. The highest BCUT2D eigenvalue weighted by Gasteiger charge is 2.27. The predicted octanol–water partition coefficient (Wildman–Crippen LogP) is 3.73. The first-order valence-electron chi connectivity index (χ1n) is 5.63. The van der Waals surface area contributed by atoms with Gasteiger partial charge in [0.1, 0.15) is 0 Å². The molecule has 0 heterocycles. The summed E-state index contributed by atoms with van der Waals surface area (Å²) in [5.41, 5.74) is 6.06. The van der Waals surface area contributed by atoms with Crippen LogP contribution in [0.3, 0.4) is 0 Å². The van der Waals surface area contributed by atoms with Gasteiger partial charge in [0.05, 0.1) is 5.54 Å². The zero-order chi connectivity index (χ0) is 13.1. The minimum atomic E-state index is -0.759. The summed E-state index contributed by atoms with van der Waals surface area (Å²) in [6.07, 6.45) is 1.88. The maximum atomic E-state index is 12.1. The fourth-order valence-corrected chi connectivity index (χ4v) is 2.44. The van der Waals surface area contributed by atoms with E-state index in [0.29, 0.717) is 17.9 Å². The van der Waals surface area contributed by atoms with Crippen molar-refractivity contribution in [2.45, 2.75) is 38.6 Å². The minimum Gasteiger partial charge on any atom is -0.319 e. The summed E-state index contributed by atoms with van der Waals surface area (Å²) in [5.74, 6) is 0.0311. The summed E-state index contributed by atoms with van der Waals surface area (Å²) >= 11 is 9.41. The number of rotatable bonds is 5. The van der Waals surface area contributed by atoms with E-state index in [4.69, 9.17) is 17.3 Å². The van der Waals surface area contributed by atoms with Crippen molar-refractivity contribution in [1.82, 2.24) is 0 Å². The van der Waals surface area contributed by atoms with Crippen LogP contribution in [0, 0.1) is 0 Å². The van der Waals surface area contributed by atoms with Gasteiger partial charge < -0.3 is 5.73 Å². The van der Waals surface area contributed by atoms with E-state index in [2.05, 4.69) is 15.9 Å². The lowest BCUT2D eigenvalue weighted by Crippen LogP contribution is -2.45. The number of halogens is 2. The van der Waals surface area contributed by atoms with Crippen molar-refractivity contribution in [2.75, 3.05) is 0 Å². The quantitative estimate of drug-likeness (QED) is 0.899. The smallest absolute Gasteiger partial charge is 0.156 e. The Morgan fingerprint density at radius 1 is 1.53 bits per heavy atom. The Balaban J connectivity index is 2.81. The molecule has 0 aliphatic carbocycles.